The van der Waals surface area contributed by atoms with Gasteiger partial charge in [-0.3, -0.25) is 10.1 Å². The Balaban J connectivity index is 1.88. The molecule has 0 bridgehead atoms. The number of methoxy groups -OCH3 is 1. The van der Waals surface area contributed by atoms with Crippen molar-refractivity contribution in [2.75, 3.05) is 39.8 Å². The zero-order chi connectivity index (χ0) is 18.4. The zero-order valence-corrected chi connectivity index (χ0v) is 14.8. The van der Waals surface area contributed by atoms with E-state index in [0.29, 0.717) is 38.5 Å². The van der Waals surface area contributed by atoms with Gasteiger partial charge in [-0.05, 0) is 24.3 Å². The van der Waals surface area contributed by atoms with Crippen LogP contribution in [0.25, 0.3) is 0 Å². The van der Waals surface area contributed by atoms with E-state index in [-0.39, 0.29) is 11.3 Å². The third-order valence-corrected chi connectivity index (χ3v) is 5.86. The third-order valence-electron chi connectivity index (χ3n) is 3.95. The van der Waals surface area contributed by atoms with Crippen LogP contribution in [0.5, 0.6) is 5.75 Å². The number of rotatable bonds is 6. The maximum Gasteiger partial charge on any atom is 0.318 e. The monoisotopic (exact) mass is 370 g/mol. The Bertz CT molecular complexity index is 712. The number of primary amides is 1. The van der Waals surface area contributed by atoms with Gasteiger partial charge in [0.25, 0.3) is 0 Å². The summed E-state index contributed by atoms with van der Waals surface area (Å²) in [6.45, 7) is 2.14. The van der Waals surface area contributed by atoms with E-state index in [9.17, 15) is 18.0 Å². The summed E-state index contributed by atoms with van der Waals surface area (Å²) in [6, 6.07) is 5.39. The highest BCUT2D eigenvalue weighted by Crippen LogP contribution is 2.20. The molecule has 1 aliphatic rings. The molecule has 10 heteroatoms. The van der Waals surface area contributed by atoms with Crippen LogP contribution in [-0.4, -0.2) is 69.4 Å². The van der Waals surface area contributed by atoms with Crippen molar-refractivity contribution in [1.82, 2.24) is 14.5 Å². The molecule has 1 heterocycles. The van der Waals surface area contributed by atoms with Crippen LogP contribution in [0.2, 0.25) is 0 Å². The lowest BCUT2D eigenvalue weighted by Crippen LogP contribution is -2.49. The summed E-state index contributed by atoms with van der Waals surface area (Å²) < 4.78 is 31.7. The first kappa shape index (κ1) is 19.2. The Hall–Kier alpha value is -2.17. The minimum Gasteiger partial charge on any atom is -0.497 e. The van der Waals surface area contributed by atoms with E-state index in [2.05, 4.69) is 0 Å². The largest absolute Gasteiger partial charge is 0.497 e. The molecule has 2 rings (SSSR count). The number of urea groups is 1. The van der Waals surface area contributed by atoms with E-state index in [4.69, 9.17) is 10.5 Å². The lowest BCUT2D eigenvalue weighted by molar-refractivity contribution is -0.120. The molecule has 0 unspecified atom stereocenters. The van der Waals surface area contributed by atoms with Gasteiger partial charge in [-0.25, -0.2) is 13.2 Å². The molecule has 1 fully saturated rings. The number of nitrogens with two attached hydrogens (primary N) is 1. The Labute approximate surface area is 146 Å². The molecule has 1 aromatic carbocycles. The maximum atomic E-state index is 12.6. The number of ether oxygens (including phenoxy) is 1. The van der Waals surface area contributed by atoms with Crippen LogP contribution in [0, 0.1) is 0 Å². The number of carbonyl (C=O) groups excluding carboxylic acids is 2. The fraction of sp³-hybridized carbons (Fsp3) is 0.467. The number of nitrogens with one attached hydrogen (secondary N) is 1. The quantitative estimate of drug-likeness (QED) is 0.702. The summed E-state index contributed by atoms with van der Waals surface area (Å²) in [5.41, 5.74) is 4.88. The Morgan fingerprint density at radius 2 is 1.76 bits per heavy atom. The average Bonchev–Trinajstić information content (AvgIpc) is 2.60. The van der Waals surface area contributed by atoms with Gasteiger partial charge in [-0.1, -0.05) is 0 Å². The summed E-state index contributed by atoms with van der Waals surface area (Å²) in [6.07, 6.45) is 0.133. The van der Waals surface area contributed by atoms with Crippen molar-refractivity contribution in [3.8, 4) is 5.75 Å². The highest BCUT2D eigenvalue weighted by molar-refractivity contribution is 7.89. The number of benzene rings is 1. The summed E-state index contributed by atoms with van der Waals surface area (Å²) in [7, 11) is -2.03. The summed E-state index contributed by atoms with van der Waals surface area (Å²) in [5.74, 6) is 0.152. The lowest BCUT2D eigenvalue weighted by atomic mass is 10.3. The molecule has 1 aromatic rings. The number of piperazine rings is 1. The summed E-state index contributed by atoms with van der Waals surface area (Å²) >= 11 is 0. The molecule has 0 radical (unpaired) electrons. The first-order chi connectivity index (χ1) is 11.8. The molecular weight excluding hydrogens is 348 g/mol. The highest BCUT2D eigenvalue weighted by atomic mass is 32.2. The number of hydrogen-bond acceptors (Lipinski definition) is 6. The van der Waals surface area contributed by atoms with E-state index in [0.717, 1.165) is 0 Å². The highest BCUT2D eigenvalue weighted by Gasteiger charge is 2.28. The Kier molecular flexibility index (Phi) is 6.34. The number of hydrogen-bond donors (Lipinski definition) is 2. The molecule has 0 saturated carbocycles. The number of carbonyl (C=O) groups is 2. The van der Waals surface area contributed by atoms with Gasteiger partial charge >= 0.3 is 6.03 Å². The van der Waals surface area contributed by atoms with Gasteiger partial charge in [0.1, 0.15) is 5.75 Å². The van der Waals surface area contributed by atoms with Crippen LogP contribution in [0.4, 0.5) is 4.79 Å². The van der Waals surface area contributed by atoms with Crippen LogP contribution < -0.4 is 15.8 Å². The molecule has 0 spiro atoms. The molecule has 0 atom stereocenters. The molecule has 25 heavy (non-hydrogen) atoms. The standard InChI is InChI=1S/C15H22N4O5S/c1-24-12-2-4-13(5-3-12)25(22,23)19-10-8-18(9-11-19)7-6-14(20)17-15(16)21/h2-5H,6-11H2,1H3,(H3,16,17,20,21). The average molecular weight is 370 g/mol. The van der Waals surface area contributed by atoms with E-state index >= 15 is 0 Å². The van der Waals surface area contributed by atoms with Crippen LogP contribution in [-0.2, 0) is 14.8 Å². The molecule has 3 amide bonds. The van der Waals surface area contributed by atoms with Crippen molar-refractivity contribution in [3.05, 3.63) is 24.3 Å². The molecule has 3 N–H and O–H groups in total. The zero-order valence-electron chi connectivity index (χ0n) is 14.0. The predicted octanol–water partition coefficient (Wildman–Crippen LogP) is -0.413. The van der Waals surface area contributed by atoms with Crippen LogP contribution >= 0.6 is 0 Å². The van der Waals surface area contributed by atoms with E-state index in [1.807, 2.05) is 10.2 Å². The van der Waals surface area contributed by atoms with Crippen molar-refractivity contribution in [2.24, 2.45) is 5.73 Å². The second-order valence-corrected chi connectivity index (χ2v) is 7.52. The fourth-order valence-corrected chi connectivity index (χ4v) is 3.97. The summed E-state index contributed by atoms with van der Waals surface area (Å²) in [5, 5.41) is 2.00. The Morgan fingerprint density at radius 1 is 1.16 bits per heavy atom. The van der Waals surface area contributed by atoms with Crippen LogP contribution in [0.1, 0.15) is 6.42 Å². The van der Waals surface area contributed by atoms with Crippen molar-refractivity contribution in [3.63, 3.8) is 0 Å². The Morgan fingerprint density at radius 3 is 2.28 bits per heavy atom. The SMILES string of the molecule is COc1ccc(S(=O)(=O)N2CCN(CCC(=O)NC(N)=O)CC2)cc1. The smallest absolute Gasteiger partial charge is 0.318 e. The van der Waals surface area contributed by atoms with Gasteiger partial charge in [0, 0.05) is 39.1 Å². The number of imide groups is 1. The third kappa shape index (κ3) is 5.15. The van der Waals surface area contributed by atoms with Crippen LogP contribution in [0.15, 0.2) is 29.2 Å². The van der Waals surface area contributed by atoms with Crippen molar-refractivity contribution < 1.29 is 22.7 Å². The van der Waals surface area contributed by atoms with Crippen molar-refractivity contribution in [2.45, 2.75) is 11.3 Å². The first-order valence-electron chi connectivity index (χ1n) is 7.79. The van der Waals surface area contributed by atoms with Gasteiger partial charge in [0.15, 0.2) is 0 Å². The lowest BCUT2D eigenvalue weighted by Gasteiger charge is -2.33. The molecule has 138 valence electrons. The van der Waals surface area contributed by atoms with Gasteiger partial charge in [0.2, 0.25) is 15.9 Å². The fourth-order valence-electron chi connectivity index (χ4n) is 2.55. The first-order valence-corrected chi connectivity index (χ1v) is 9.23. The topological polar surface area (TPSA) is 122 Å². The van der Waals surface area contributed by atoms with Gasteiger partial charge < -0.3 is 15.4 Å². The maximum absolute atomic E-state index is 12.6. The molecule has 1 saturated heterocycles. The molecule has 0 aromatic heterocycles. The number of nitrogens with zero attached hydrogens (tertiary/aromatic N) is 2. The molecule has 9 nitrogen and oxygen atoms in total. The second kappa shape index (κ2) is 8.28. The minimum atomic E-state index is -3.55. The number of sulfonamides is 1. The van der Waals surface area contributed by atoms with Crippen LogP contribution in [0.3, 0.4) is 0 Å². The van der Waals surface area contributed by atoms with E-state index < -0.39 is 22.0 Å². The normalized spacial score (nSPS) is 16.4. The predicted molar refractivity (Wildman–Crippen MR) is 90.5 cm³/mol. The summed E-state index contributed by atoms with van der Waals surface area (Å²) in [4.78, 5) is 24.2. The van der Waals surface area contributed by atoms with Crippen molar-refractivity contribution in [1.29, 1.82) is 0 Å². The van der Waals surface area contributed by atoms with E-state index in [1.54, 1.807) is 12.1 Å². The van der Waals surface area contributed by atoms with Gasteiger partial charge in [0.05, 0.1) is 12.0 Å². The second-order valence-electron chi connectivity index (χ2n) is 5.58. The van der Waals surface area contributed by atoms with E-state index in [1.165, 1.54) is 23.5 Å². The van der Waals surface area contributed by atoms with Gasteiger partial charge in [-0.15, -0.1) is 0 Å². The molecular formula is C15H22N4O5S. The number of amides is 3. The van der Waals surface area contributed by atoms with Crippen molar-refractivity contribution >= 4 is 22.0 Å². The van der Waals surface area contributed by atoms with Gasteiger partial charge in [-0.2, -0.15) is 4.31 Å². The minimum absolute atomic E-state index is 0.133. The molecule has 0 aliphatic carbocycles. The molecule has 1 aliphatic heterocycles.